The van der Waals surface area contributed by atoms with E-state index in [4.69, 9.17) is 9.47 Å². The maximum Gasteiger partial charge on any atom is 0.279 e. The number of rotatable bonds is 4. The van der Waals surface area contributed by atoms with Crippen LogP contribution in [0.25, 0.3) is 0 Å². The van der Waals surface area contributed by atoms with Gasteiger partial charge in [-0.15, -0.1) is 0 Å². The van der Waals surface area contributed by atoms with Crippen LogP contribution in [0.5, 0.6) is 11.5 Å². The number of carbonyl (C=O) groups is 2. The van der Waals surface area contributed by atoms with Gasteiger partial charge in [0.1, 0.15) is 0 Å². The van der Waals surface area contributed by atoms with Crippen molar-refractivity contribution in [1.82, 2.24) is 0 Å². The van der Waals surface area contributed by atoms with Crippen molar-refractivity contribution in [2.24, 2.45) is 11.8 Å². The first-order chi connectivity index (χ1) is 11.4. The zero-order valence-electron chi connectivity index (χ0n) is 14.5. The Bertz CT molecular complexity index is 649. The van der Waals surface area contributed by atoms with Crippen LogP contribution in [-0.2, 0) is 4.79 Å². The van der Waals surface area contributed by atoms with Crippen molar-refractivity contribution in [2.45, 2.75) is 27.2 Å². The number of likely N-dealkylation sites (tertiary alicyclic amines) is 1. The summed E-state index contributed by atoms with van der Waals surface area (Å²) in [4.78, 5) is 25.6. The molecule has 0 unspecified atom stereocenters. The van der Waals surface area contributed by atoms with Crippen molar-refractivity contribution in [2.75, 3.05) is 31.7 Å². The number of ketones is 1. The molecule has 1 aromatic carbocycles. The second-order valence-electron chi connectivity index (χ2n) is 7.14. The van der Waals surface area contributed by atoms with Gasteiger partial charge in [0.05, 0.1) is 18.8 Å². The fourth-order valence-electron chi connectivity index (χ4n) is 3.82. The number of carbonyl (C=O) groups excluding carboxylic acids is 2. The zero-order valence-corrected chi connectivity index (χ0v) is 14.5. The SMILES string of the molecule is CC(=O)c1cc2c(cc1NC(=O)C[NH+]1C[C@@H](C)C[C@H](C)C1)OCO2. The summed E-state index contributed by atoms with van der Waals surface area (Å²) >= 11 is 0. The summed E-state index contributed by atoms with van der Waals surface area (Å²) < 4.78 is 10.6. The average molecular weight is 333 g/mol. The van der Waals surface area contributed by atoms with Crippen molar-refractivity contribution in [3.8, 4) is 11.5 Å². The van der Waals surface area contributed by atoms with Gasteiger partial charge in [0.2, 0.25) is 6.79 Å². The molecule has 0 spiro atoms. The van der Waals surface area contributed by atoms with Crippen molar-refractivity contribution in [1.29, 1.82) is 0 Å². The predicted octanol–water partition coefficient (Wildman–Crippen LogP) is 1.12. The average Bonchev–Trinajstić information content (AvgIpc) is 2.92. The van der Waals surface area contributed by atoms with Gasteiger partial charge in [-0.3, -0.25) is 9.59 Å². The van der Waals surface area contributed by atoms with E-state index in [0.717, 1.165) is 13.1 Å². The number of hydrogen-bond acceptors (Lipinski definition) is 4. The maximum atomic E-state index is 12.5. The molecule has 0 saturated carbocycles. The summed E-state index contributed by atoms with van der Waals surface area (Å²) in [5, 5.41) is 2.88. The third-order valence-electron chi connectivity index (χ3n) is 4.66. The molecule has 6 nitrogen and oxygen atoms in total. The Hall–Kier alpha value is -2.08. The lowest BCUT2D eigenvalue weighted by Crippen LogP contribution is -3.15. The lowest BCUT2D eigenvalue weighted by atomic mass is 9.92. The standard InChI is InChI=1S/C18H24N2O4/c1-11-4-12(2)8-20(7-11)9-18(22)19-15-6-17-16(23-10-24-17)5-14(15)13(3)21/h5-6,11-12H,4,7-10H2,1-3H3,(H,19,22)/p+1/t11-,12-/m0/s1. The minimum Gasteiger partial charge on any atom is -0.454 e. The number of ether oxygens (including phenoxy) is 2. The Morgan fingerprint density at radius 2 is 1.79 bits per heavy atom. The molecule has 1 amide bonds. The molecule has 1 fully saturated rings. The van der Waals surface area contributed by atoms with Crippen LogP contribution in [0.3, 0.4) is 0 Å². The molecular formula is C18H25N2O4+. The summed E-state index contributed by atoms with van der Waals surface area (Å²) in [7, 11) is 0. The number of amides is 1. The van der Waals surface area contributed by atoms with E-state index in [2.05, 4.69) is 19.2 Å². The minimum atomic E-state index is -0.115. The molecular weight excluding hydrogens is 308 g/mol. The molecule has 1 aromatic rings. The van der Waals surface area contributed by atoms with E-state index in [1.165, 1.54) is 18.2 Å². The summed E-state index contributed by atoms with van der Waals surface area (Å²) in [6.45, 7) is 8.53. The van der Waals surface area contributed by atoms with Crippen molar-refractivity contribution >= 4 is 17.4 Å². The number of piperidine rings is 1. The van der Waals surface area contributed by atoms with Gasteiger partial charge >= 0.3 is 0 Å². The summed E-state index contributed by atoms with van der Waals surface area (Å²) in [6.07, 6.45) is 1.22. The second kappa shape index (κ2) is 6.81. The van der Waals surface area contributed by atoms with E-state index >= 15 is 0 Å². The molecule has 130 valence electrons. The highest BCUT2D eigenvalue weighted by molar-refractivity contribution is 6.04. The quantitative estimate of drug-likeness (QED) is 0.810. The normalized spacial score (nSPS) is 25.4. The highest BCUT2D eigenvalue weighted by Gasteiger charge is 2.27. The summed E-state index contributed by atoms with van der Waals surface area (Å²) in [5.41, 5.74) is 0.942. The fourth-order valence-corrected chi connectivity index (χ4v) is 3.82. The number of Topliss-reactive ketones (excluding diaryl/α,β-unsaturated/α-hetero) is 1. The van der Waals surface area contributed by atoms with Crippen LogP contribution in [0.15, 0.2) is 12.1 Å². The van der Waals surface area contributed by atoms with Crippen molar-refractivity contribution in [3.63, 3.8) is 0 Å². The van der Waals surface area contributed by atoms with Crippen molar-refractivity contribution < 1.29 is 24.0 Å². The highest BCUT2D eigenvalue weighted by Crippen LogP contribution is 2.37. The van der Waals surface area contributed by atoms with E-state index in [1.54, 1.807) is 12.1 Å². The molecule has 24 heavy (non-hydrogen) atoms. The van der Waals surface area contributed by atoms with E-state index in [1.807, 2.05) is 0 Å². The molecule has 2 N–H and O–H groups in total. The molecule has 2 atom stereocenters. The fraction of sp³-hybridized carbons (Fsp3) is 0.556. The van der Waals surface area contributed by atoms with E-state index in [-0.39, 0.29) is 18.5 Å². The minimum absolute atomic E-state index is 0.0762. The molecule has 1 saturated heterocycles. The molecule has 2 aliphatic rings. The monoisotopic (exact) mass is 333 g/mol. The third-order valence-corrected chi connectivity index (χ3v) is 4.66. The van der Waals surface area contributed by atoms with E-state index in [0.29, 0.717) is 41.1 Å². The first-order valence-corrected chi connectivity index (χ1v) is 8.50. The van der Waals surface area contributed by atoms with Crippen LogP contribution in [0, 0.1) is 11.8 Å². The Balaban J connectivity index is 1.71. The van der Waals surface area contributed by atoms with Gasteiger partial charge in [-0.05, 0) is 19.4 Å². The zero-order chi connectivity index (χ0) is 17.3. The topological polar surface area (TPSA) is 69.1 Å². The Labute approximate surface area is 142 Å². The third kappa shape index (κ3) is 3.70. The van der Waals surface area contributed by atoms with Crippen LogP contribution >= 0.6 is 0 Å². The Morgan fingerprint density at radius 3 is 2.42 bits per heavy atom. The lowest BCUT2D eigenvalue weighted by molar-refractivity contribution is -0.904. The van der Waals surface area contributed by atoms with Crippen LogP contribution in [-0.4, -0.2) is 38.1 Å². The van der Waals surface area contributed by atoms with E-state index in [9.17, 15) is 9.59 Å². The molecule has 2 aliphatic heterocycles. The molecule has 0 bridgehead atoms. The van der Waals surface area contributed by atoms with Gasteiger partial charge in [0.25, 0.3) is 5.91 Å². The van der Waals surface area contributed by atoms with E-state index < -0.39 is 0 Å². The first-order valence-electron chi connectivity index (χ1n) is 8.50. The van der Waals surface area contributed by atoms with Gasteiger partial charge in [0.15, 0.2) is 23.8 Å². The van der Waals surface area contributed by atoms with Crippen LogP contribution in [0.4, 0.5) is 5.69 Å². The number of fused-ring (bicyclic) bond motifs is 1. The summed E-state index contributed by atoms with van der Waals surface area (Å²) in [6, 6.07) is 3.31. The molecule has 6 heteroatoms. The van der Waals surface area contributed by atoms with Crippen LogP contribution < -0.4 is 19.7 Å². The number of anilines is 1. The van der Waals surface area contributed by atoms with Gasteiger partial charge in [-0.2, -0.15) is 0 Å². The van der Waals surface area contributed by atoms with Crippen LogP contribution in [0.1, 0.15) is 37.6 Å². The van der Waals surface area contributed by atoms with Gasteiger partial charge in [0, 0.05) is 23.5 Å². The van der Waals surface area contributed by atoms with Gasteiger partial charge in [-0.1, -0.05) is 13.8 Å². The molecule has 2 heterocycles. The van der Waals surface area contributed by atoms with Gasteiger partial charge < -0.3 is 19.7 Å². The molecule has 0 aliphatic carbocycles. The lowest BCUT2D eigenvalue weighted by Gasteiger charge is -2.31. The smallest absolute Gasteiger partial charge is 0.279 e. The largest absolute Gasteiger partial charge is 0.454 e. The predicted molar refractivity (Wildman–Crippen MR) is 89.7 cm³/mol. The molecule has 0 aromatic heterocycles. The van der Waals surface area contributed by atoms with Crippen molar-refractivity contribution in [3.05, 3.63) is 17.7 Å². The van der Waals surface area contributed by atoms with Crippen LogP contribution in [0.2, 0.25) is 0 Å². The highest BCUT2D eigenvalue weighted by atomic mass is 16.7. The molecule has 3 rings (SSSR count). The molecule has 0 radical (unpaired) electrons. The number of benzene rings is 1. The van der Waals surface area contributed by atoms with Gasteiger partial charge in [-0.25, -0.2) is 0 Å². The maximum absolute atomic E-state index is 12.5. The number of hydrogen-bond donors (Lipinski definition) is 2. The number of quaternary nitrogens is 1. The first kappa shape index (κ1) is 16.8. The summed E-state index contributed by atoms with van der Waals surface area (Å²) in [5.74, 6) is 2.18. The second-order valence-corrected chi connectivity index (χ2v) is 7.14. The Morgan fingerprint density at radius 1 is 1.17 bits per heavy atom. The Kier molecular flexibility index (Phi) is 4.76. The number of nitrogens with one attached hydrogen (secondary N) is 2.